The minimum Gasteiger partial charge on any atom is -0.352 e. The van der Waals surface area contributed by atoms with Crippen LogP contribution in [0.3, 0.4) is 0 Å². The maximum Gasteiger partial charge on any atom is 0.246 e. The van der Waals surface area contributed by atoms with Gasteiger partial charge in [-0.3, -0.25) is 9.89 Å². The van der Waals surface area contributed by atoms with Crippen LogP contribution in [0.1, 0.15) is 35.4 Å². The Morgan fingerprint density at radius 1 is 1.30 bits per heavy atom. The summed E-state index contributed by atoms with van der Waals surface area (Å²) in [6.45, 7) is 6.45. The third kappa shape index (κ3) is 4.06. The molecule has 146 valence electrons. The second-order valence-corrected chi connectivity index (χ2v) is 8.98. The number of nitrogens with zero attached hydrogens (tertiary/aromatic N) is 2. The van der Waals surface area contributed by atoms with Crippen LogP contribution in [-0.2, 0) is 21.4 Å². The van der Waals surface area contributed by atoms with E-state index in [-0.39, 0.29) is 23.3 Å². The molecule has 2 heterocycles. The highest BCUT2D eigenvalue weighted by molar-refractivity contribution is 7.89. The topological polar surface area (TPSA) is 95.2 Å². The molecule has 8 heteroatoms. The van der Waals surface area contributed by atoms with Crippen molar-refractivity contribution < 1.29 is 13.2 Å². The molecule has 0 spiro atoms. The van der Waals surface area contributed by atoms with E-state index >= 15 is 0 Å². The van der Waals surface area contributed by atoms with Gasteiger partial charge in [0.05, 0.1) is 17.3 Å². The van der Waals surface area contributed by atoms with E-state index in [1.165, 1.54) is 4.31 Å². The molecule has 1 aromatic heterocycles. The molecule has 7 nitrogen and oxygen atoms in total. The molecule has 3 rings (SSSR count). The second-order valence-electron chi connectivity index (χ2n) is 7.11. The molecule has 1 aromatic carbocycles. The highest BCUT2D eigenvalue weighted by Crippen LogP contribution is 2.27. The summed E-state index contributed by atoms with van der Waals surface area (Å²) in [6, 6.07) is 7.90. The number of nitrogens with one attached hydrogen (secondary N) is 2. The number of piperidine rings is 1. The number of hydrogen-bond acceptors (Lipinski definition) is 4. The van der Waals surface area contributed by atoms with Crippen molar-refractivity contribution in [1.82, 2.24) is 19.8 Å². The van der Waals surface area contributed by atoms with Gasteiger partial charge in [-0.15, -0.1) is 0 Å². The van der Waals surface area contributed by atoms with E-state index in [9.17, 15) is 13.2 Å². The van der Waals surface area contributed by atoms with Crippen molar-refractivity contribution in [2.24, 2.45) is 5.92 Å². The number of sulfonamides is 1. The average molecular weight is 391 g/mol. The summed E-state index contributed by atoms with van der Waals surface area (Å²) < 4.78 is 27.4. The molecule has 1 unspecified atom stereocenters. The Morgan fingerprint density at radius 2 is 2.04 bits per heavy atom. The minimum absolute atomic E-state index is 0.0983. The number of H-pyrrole nitrogens is 1. The number of carbonyl (C=O) groups excluding carboxylic acids is 1. The third-order valence-electron chi connectivity index (χ3n) is 5.13. The summed E-state index contributed by atoms with van der Waals surface area (Å²) in [4.78, 5) is 12.8. The third-order valence-corrected chi connectivity index (χ3v) is 7.26. The molecule has 1 saturated heterocycles. The number of amides is 1. The summed E-state index contributed by atoms with van der Waals surface area (Å²) >= 11 is 0. The zero-order valence-corrected chi connectivity index (χ0v) is 16.8. The molecule has 2 aromatic rings. The fourth-order valence-corrected chi connectivity index (χ4v) is 5.42. The van der Waals surface area contributed by atoms with E-state index in [2.05, 4.69) is 15.5 Å². The number of aryl methyl sites for hydroxylation is 3. The molecule has 0 saturated carbocycles. The van der Waals surface area contributed by atoms with Gasteiger partial charge in [0.1, 0.15) is 4.90 Å². The van der Waals surface area contributed by atoms with Gasteiger partial charge >= 0.3 is 0 Å². The quantitative estimate of drug-likeness (QED) is 0.817. The van der Waals surface area contributed by atoms with Crippen LogP contribution < -0.4 is 5.32 Å². The first-order valence-electron chi connectivity index (χ1n) is 9.14. The summed E-state index contributed by atoms with van der Waals surface area (Å²) in [6.07, 6.45) is 1.35. The van der Waals surface area contributed by atoms with Gasteiger partial charge in [-0.2, -0.15) is 9.40 Å². The van der Waals surface area contributed by atoms with Crippen molar-refractivity contribution in [3.63, 3.8) is 0 Å². The Hall–Kier alpha value is -2.19. The van der Waals surface area contributed by atoms with E-state index in [1.807, 2.05) is 31.2 Å². The Morgan fingerprint density at radius 3 is 2.70 bits per heavy atom. The Kier molecular flexibility index (Phi) is 5.67. The number of benzene rings is 1. The Balaban J connectivity index is 1.69. The Labute approximate surface area is 160 Å². The average Bonchev–Trinajstić information content (AvgIpc) is 3.00. The van der Waals surface area contributed by atoms with E-state index < -0.39 is 10.0 Å². The fraction of sp³-hybridized carbons (Fsp3) is 0.474. The summed E-state index contributed by atoms with van der Waals surface area (Å²) in [5, 5.41) is 9.68. The highest BCUT2D eigenvalue weighted by atomic mass is 32.2. The molecule has 1 aliphatic heterocycles. The SMILES string of the molecule is Cc1ccccc1CNC(=O)C1CCCN(S(=O)(=O)c2c(C)n[nH]c2C)C1. The van der Waals surface area contributed by atoms with Crippen LogP contribution in [0.25, 0.3) is 0 Å². The second kappa shape index (κ2) is 7.82. The zero-order chi connectivity index (χ0) is 19.6. The van der Waals surface area contributed by atoms with Crippen LogP contribution in [0.2, 0.25) is 0 Å². The molecule has 0 radical (unpaired) electrons. The number of rotatable bonds is 5. The van der Waals surface area contributed by atoms with E-state index in [1.54, 1.807) is 13.8 Å². The van der Waals surface area contributed by atoms with Crippen LogP contribution in [0, 0.1) is 26.7 Å². The monoisotopic (exact) mass is 390 g/mol. The summed E-state index contributed by atoms with van der Waals surface area (Å²) in [7, 11) is -3.66. The lowest BCUT2D eigenvalue weighted by Gasteiger charge is -2.31. The molecule has 1 amide bonds. The van der Waals surface area contributed by atoms with Crippen LogP contribution in [0.15, 0.2) is 29.2 Å². The van der Waals surface area contributed by atoms with Crippen LogP contribution in [-0.4, -0.2) is 41.9 Å². The van der Waals surface area contributed by atoms with Gasteiger partial charge in [-0.25, -0.2) is 8.42 Å². The van der Waals surface area contributed by atoms with Gasteiger partial charge in [0.15, 0.2) is 0 Å². The standard InChI is InChI=1S/C19H26N4O3S/c1-13-7-4-5-8-16(13)11-20-19(24)17-9-6-10-23(12-17)27(25,26)18-14(2)21-22-15(18)3/h4-5,7-8,17H,6,9-12H2,1-3H3,(H,20,24)(H,21,22). The van der Waals surface area contributed by atoms with Crippen molar-refractivity contribution in [1.29, 1.82) is 0 Å². The lowest BCUT2D eigenvalue weighted by molar-refractivity contribution is -0.126. The first-order valence-corrected chi connectivity index (χ1v) is 10.6. The molecule has 1 fully saturated rings. The predicted molar refractivity (Wildman–Crippen MR) is 103 cm³/mol. The first kappa shape index (κ1) is 19.6. The molecule has 0 aliphatic carbocycles. The molecule has 27 heavy (non-hydrogen) atoms. The largest absolute Gasteiger partial charge is 0.352 e. The summed E-state index contributed by atoms with van der Waals surface area (Å²) in [5.74, 6) is -0.441. The van der Waals surface area contributed by atoms with Crippen LogP contribution >= 0.6 is 0 Å². The van der Waals surface area contributed by atoms with Crippen LogP contribution in [0.4, 0.5) is 0 Å². The molecular weight excluding hydrogens is 364 g/mol. The zero-order valence-electron chi connectivity index (χ0n) is 15.9. The van der Waals surface area contributed by atoms with Gasteiger partial charge in [-0.1, -0.05) is 24.3 Å². The van der Waals surface area contributed by atoms with Crippen LogP contribution in [0.5, 0.6) is 0 Å². The van der Waals surface area contributed by atoms with E-state index in [4.69, 9.17) is 0 Å². The van der Waals surface area contributed by atoms with E-state index in [0.717, 1.165) is 11.1 Å². The van der Waals surface area contributed by atoms with Gasteiger partial charge < -0.3 is 5.32 Å². The molecular formula is C19H26N4O3S. The van der Waals surface area contributed by atoms with Gasteiger partial charge in [0.25, 0.3) is 0 Å². The molecule has 1 atom stereocenters. The predicted octanol–water partition coefficient (Wildman–Crippen LogP) is 2.05. The number of hydrogen-bond donors (Lipinski definition) is 2. The normalized spacial score (nSPS) is 18.4. The van der Waals surface area contributed by atoms with E-state index in [0.29, 0.717) is 37.3 Å². The maximum atomic E-state index is 13.0. The van der Waals surface area contributed by atoms with Crippen molar-refractivity contribution in [3.05, 3.63) is 46.8 Å². The fourth-order valence-electron chi connectivity index (χ4n) is 3.56. The molecule has 0 bridgehead atoms. The highest BCUT2D eigenvalue weighted by Gasteiger charge is 2.35. The van der Waals surface area contributed by atoms with Crippen molar-refractivity contribution in [3.8, 4) is 0 Å². The lowest BCUT2D eigenvalue weighted by atomic mass is 9.98. The number of aromatic nitrogens is 2. The van der Waals surface area contributed by atoms with Gasteiger partial charge in [0.2, 0.25) is 15.9 Å². The Bertz CT molecular complexity index is 917. The maximum absolute atomic E-state index is 13.0. The van der Waals surface area contributed by atoms with Gasteiger partial charge in [0, 0.05) is 19.6 Å². The summed E-state index contributed by atoms with van der Waals surface area (Å²) in [5.41, 5.74) is 3.17. The molecule has 1 aliphatic rings. The smallest absolute Gasteiger partial charge is 0.246 e. The minimum atomic E-state index is -3.66. The number of aromatic amines is 1. The van der Waals surface area contributed by atoms with Crippen molar-refractivity contribution in [2.75, 3.05) is 13.1 Å². The first-order chi connectivity index (χ1) is 12.8. The lowest BCUT2D eigenvalue weighted by Crippen LogP contribution is -2.45. The number of carbonyl (C=O) groups is 1. The van der Waals surface area contributed by atoms with Crippen molar-refractivity contribution in [2.45, 2.75) is 45.1 Å². The molecule has 2 N–H and O–H groups in total. The van der Waals surface area contributed by atoms with Crippen molar-refractivity contribution >= 4 is 15.9 Å². The van der Waals surface area contributed by atoms with Gasteiger partial charge in [-0.05, 0) is 44.7 Å².